The molecule has 0 radical (unpaired) electrons. The molecule has 184 valence electrons. The molecule has 1 saturated heterocycles. The van der Waals surface area contributed by atoms with Gasteiger partial charge < -0.3 is 9.64 Å². The Balaban J connectivity index is 1.09. The molecule has 1 unspecified atom stereocenters. The van der Waals surface area contributed by atoms with E-state index in [0.29, 0.717) is 18.1 Å². The number of esters is 1. The molecule has 36 heavy (non-hydrogen) atoms. The van der Waals surface area contributed by atoms with E-state index in [1.54, 1.807) is 0 Å². The lowest BCUT2D eigenvalue weighted by Crippen LogP contribution is -2.38. The van der Waals surface area contributed by atoms with E-state index in [1.165, 1.54) is 0 Å². The van der Waals surface area contributed by atoms with Crippen LogP contribution in [0.15, 0.2) is 91.1 Å². The van der Waals surface area contributed by atoms with Crippen LogP contribution in [0, 0.1) is 5.92 Å². The van der Waals surface area contributed by atoms with E-state index in [1.807, 2.05) is 83.7 Å². The largest absolute Gasteiger partial charge is 0.462 e. The Morgan fingerprint density at radius 1 is 0.889 bits per heavy atom. The minimum atomic E-state index is -0.244. The lowest BCUT2D eigenvalue weighted by molar-refractivity contribution is 0.0353. The molecule has 3 aromatic carbocycles. The lowest BCUT2D eigenvalue weighted by atomic mass is 9.98. The van der Waals surface area contributed by atoms with Gasteiger partial charge in [0, 0.05) is 24.6 Å². The van der Waals surface area contributed by atoms with Crippen LogP contribution in [0.5, 0.6) is 0 Å². The fourth-order valence-electron chi connectivity index (χ4n) is 4.90. The summed E-state index contributed by atoms with van der Waals surface area (Å²) in [6.45, 7) is 4.35. The fourth-order valence-corrected chi connectivity index (χ4v) is 4.90. The molecule has 0 bridgehead atoms. The van der Waals surface area contributed by atoms with Gasteiger partial charge in [-0.2, -0.15) is 0 Å². The van der Waals surface area contributed by atoms with E-state index < -0.39 is 0 Å². The van der Waals surface area contributed by atoms with Crippen molar-refractivity contribution in [3.63, 3.8) is 0 Å². The highest BCUT2D eigenvalue weighted by molar-refractivity contribution is 5.97. The maximum Gasteiger partial charge on any atom is 0.338 e. The van der Waals surface area contributed by atoms with E-state index in [4.69, 9.17) is 4.74 Å². The monoisotopic (exact) mass is 480 g/mol. The predicted octanol–water partition coefficient (Wildman–Crippen LogP) is 5.57. The normalized spacial score (nSPS) is 16.1. The molecule has 1 aliphatic heterocycles. The number of carbonyl (C=O) groups excluding carboxylic acids is 1. The zero-order valence-corrected chi connectivity index (χ0v) is 20.5. The van der Waals surface area contributed by atoms with Gasteiger partial charge in [-0.3, -0.25) is 4.68 Å². The average Bonchev–Trinajstić information content (AvgIpc) is 3.42. The van der Waals surface area contributed by atoms with Crippen molar-refractivity contribution in [2.75, 3.05) is 26.2 Å². The minimum Gasteiger partial charge on any atom is -0.462 e. The second-order valence-electron chi connectivity index (χ2n) is 9.41. The van der Waals surface area contributed by atoms with Crippen LogP contribution in [-0.2, 0) is 11.3 Å². The Bertz CT molecular complexity index is 1260. The first kappa shape index (κ1) is 23.9. The lowest BCUT2D eigenvalue weighted by Gasteiger charge is -2.32. The van der Waals surface area contributed by atoms with Crippen LogP contribution >= 0.6 is 0 Å². The summed E-state index contributed by atoms with van der Waals surface area (Å²) in [6, 6.07) is 27.8. The topological polar surface area (TPSA) is 60.2 Å². The van der Waals surface area contributed by atoms with Gasteiger partial charge in [0.25, 0.3) is 0 Å². The van der Waals surface area contributed by atoms with Crippen LogP contribution in [-0.4, -0.2) is 52.1 Å². The SMILES string of the molecule is O=C(OCC1CCCN(CCCn2cc(-c3ccccc3)nn2)C1)c1ccccc1-c1ccccc1. The third-order valence-corrected chi connectivity index (χ3v) is 6.75. The van der Waals surface area contributed by atoms with E-state index in [0.717, 1.165) is 67.8 Å². The van der Waals surface area contributed by atoms with Crippen molar-refractivity contribution in [3.8, 4) is 22.4 Å². The second kappa shape index (κ2) is 11.8. The van der Waals surface area contributed by atoms with Crippen LogP contribution in [0.3, 0.4) is 0 Å². The summed E-state index contributed by atoms with van der Waals surface area (Å²) >= 11 is 0. The van der Waals surface area contributed by atoms with Gasteiger partial charge in [0.1, 0.15) is 5.69 Å². The number of benzene rings is 3. The number of aryl methyl sites for hydroxylation is 1. The van der Waals surface area contributed by atoms with Crippen LogP contribution < -0.4 is 0 Å². The number of likely N-dealkylation sites (tertiary alicyclic amines) is 1. The van der Waals surface area contributed by atoms with E-state index >= 15 is 0 Å². The number of rotatable bonds is 9. The molecule has 1 aliphatic rings. The molecular formula is C30H32N4O2. The molecule has 0 N–H and O–H groups in total. The van der Waals surface area contributed by atoms with Crippen molar-refractivity contribution in [2.45, 2.75) is 25.8 Å². The molecule has 1 atom stereocenters. The van der Waals surface area contributed by atoms with Gasteiger partial charge in [0.15, 0.2) is 0 Å². The quantitative estimate of drug-likeness (QED) is 0.293. The standard InChI is InChI=1S/C30H32N4O2/c35-30(28-17-8-7-16-27(28)25-12-3-1-4-13-25)36-23-24-11-9-18-33(21-24)19-10-20-34-22-29(31-32-34)26-14-5-2-6-15-26/h1-8,12-17,22,24H,9-11,18-21,23H2. The van der Waals surface area contributed by atoms with Gasteiger partial charge in [-0.1, -0.05) is 84.1 Å². The maximum absolute atomic E-state index is 12.9. The molecule has 4 aromatic rings. The molecular weight excluding hydrogens is 448 g/mol. The van der Waals surface area contributed by atoms with E-state index in [2.05, 4.69) is 27.3 Å². The molecule has 5 rings (SSSR count). The van der Waals surface area contributed by atoms with Crippen molar-refractivity contribution >= 4 is 5.97 Å². The summed E-state index contributed by atoms with van der Waals surface area (Å²) in [5, 5.41) is 8.59. The first-order chi connectivity index (χ1) is 17.8. The molecule has 0 aliphatic carbocycles. The first-order valence-electron chi connectivity index (χ1n) is 12.8. The summed E-state index contributed by atoms with van der Waals surface area (Å²) in [6.07, 6.45) is 5.24. The highest BCUT2D eigenvalue weighted by Gasteiger charge is 2.22. The van der Waals surface area contributed by atoms with Gasteiger partial charge in [0.05, 0.1) is 18.4 Å². The van der Waals surface area contributed by atoms with Crippen molar-refractivity contribution in [1.29, 1.82) is 0 Å². The summed E-state index contributed by atoms with van der Waals surface area (Å²) in [5.74, 6) is 0.120. The van der Waals surface area contributed by atoms with Crippen molar-refractivity contribution in [1.82, 2.24) is 19.9 Å². The Labute approximate surface area is 212 Å². The molecule has 6 heteroatoms. The summed E-state index contributed by atoms with van der Waals surface area (Å²) in [5.41, 5.74) is 4.56. The Morgan fingerprint density at radius 3 is 2.42 bits per heavy atom. The third kappa shape index (κ3) is 6.07. The van der Waals surface area contributed by atoms with Crippen molar-refractivity contribution < 1.29 is 9.53 Å². The van der Waals surface area contributed by atoms with Crippen molar-refractivity contribution in [3.05, 3.63) is 96.7 Å². The smallest absolute Gasteiger partial charge is 0.338 e. The number of ether oxygens (including phenoxy) is 1. The van der Waals surface area contributed by atoms with Gasteiger partial charge in [-0.15, -0.1) is 5.10 Å². The average molecular weight is 481 g/mol. The first-order valence-corrected chi connectivity index (χ1v) is 12.8. The summed E-state index contributed by atoms with van der Waals surface area (Å²) < 4.78 is 7.73. The molecule has 1 fully saturated rings. The number of nitrogens with zero attached hydrogens (tertiary/aromatic N) is 4. The van der Waals surface area contributed by atoms with E-state index in [-0.39, 0.29) is 5.97 Å². The number of hydrogen-bond donors (Lipinski definition) is 0. The molecule has 0 amide bonds. The fraction of sp³-hybridized carbons (Fsp3) is 0.300. The van der Waals surface area contributed by atoms with Gasteiger partial charge in [-0.25, -0.2) is 4.79 Å². The third-order valence-electron chi connectivity index (χ3n) is 6.75. The van der Waals surface area contributed by atoms with Crippen LogP contribution in [0.25, 0.3) is 22.4 Å². The highest BCUT2D eigenvalue weighted by atomic mass is 16.5. The molecule has 6 nitrogen and oxygen atoms in total. The zero-order chi connectivity index (χ0) is 24.6. The number of aromatic nitrogens is 3. The zero-order valence-electron chi connectivity index (χ0n) is 20.5. The molecule has 1 aromatic heterocycles. The van der Waals surface area contributed by atoms with Gasteiger partial charge >= 0.3 is 5.97 Å². The Hall–Kier alpha value is -3.77. The maximum atomic E-state index is 12.9. The van der Waals surface area contributed by atoms with Crippen LogP contribution in [0.4, 0.5) is 0 Å². The number of piperidine rings is 1. The molecule has 0 saturated carbocycles. The molecule has 2 heterocycles. The van der Waals surface area contributed by atoms with Gasteiger partial charge in [0.2, 0.25) is 0 Å². The molecule has 0 spiro atoms. The van der Waals surface area contributed by atoms with E-state index in [9.17, 15) is 4.79 Å². The Kier molecular flexibility index (Phi) is 7.83. The number of carbonyl (C=O) groups is 1. The minimum absolute atomic E-state index is 0.244. The van der Waals surface area contributed by atoms with Gasteiger partial charge in [-0.05, 0) is 49.5 Å². The van der Waals surface area contributed by atoms with Crippen LogP contribution in [0.2, 0.25) is 0 Å². The summed E-state index contributed by atoms with van der Waals surface area (Å²) in [7, 11) is 0. The Morgan fingerprint density at radius 2 is 1.61 bits per heavy atom. The highest BCUT2D eigenvalue weighted by Crippen LogP contribution is 2.25. The number of hydrogen-bond acceptors (Lipinski definition) is 5. The van der Waals surface area contributed by atoms with Crippen molar-refractivity contribution in [2.24, 2.45) is 5.92 Å². The second-order valence-corrected chi connectivity index (χ2v) is 9.41. The summed E-state index contributed by atoms with van der Waals surface area (Å²) in [4.78, 5) is 15.4. The van der Waals surface area contributed by atoms with Crippen LogP contribution in [0.1, 0.15) is 29.6 Å². The predicted molar refractivity (Wildman–Crippen MR) is 141 cm³/mol.